The first kappa shape index (κ1) is 20.7. The van der Waals surface area contributed by atoms with Gasteiger partial charge in [-0.05, 0) is 24.1 Å². The van der Waals surface area contributed by atoms with Crippen LogP contribution in [-0.2, 0) is 4.79 Å². The molecule has 0 radical (unpaired) electrons. The van der Waals surface area contributed by atoms with E-state index in [4.69, 9.17) is 9.47 Å². The predicted molar refractivity (Wildman–Crippen MR) is 114 cm³/mol. The molecular weight excluding hydrogens is 398 g/mol. The van der Waals surface area contributed by atoms with Gasteiger partial charge in [0, 0.05) is 12.1 Å². The number of carbonyl (C=O) groups excluding carboxylic acids is 3. The lowest BCUT2D eigenvalue weighted by molar-refractivity contribution is -0.122. The molecule has 2 heterocycles. The van der Waals surface area contributed by atoms with E-state index in [1.807, 2.05) is 13.8 Å². The maximum absolute atomic E-state index is 13.5. The fourth-order valence-electron chi connectivity index (χ4n) is 4.11. The zero-order valence-electron chi connectivity index (χ0n) is 18.0. The molecule has 8 nitrogen and oxygen atoms in total. The summed E-state index contributed by atoms with van der Waals surface area (Å²) in [6.07, 6.45) is -0.741. The van der Waals surface area contributed by atoms with Crippen molar-refractivity contribution in [3.05, 3.63) is 53.1 Å². The topological polar surface area (TPSA) is 88.2 Å². The molecule has 0 saturated carbocycles. The van der Waals surface area contributed by atoms with Gasteiger partial charge in [0.25, 0.3) is 11.8 Å². The van der Waals surface area contributed by atoms with Crippen LogP contribution in [0.1, 0.15) is 46.3 Å². The van der Waals surface area contributed by atoms with Gasteiger partial charge < -0.3 is 19.7 Å². The highest BCUT2D eigenvalue weighted by Gasteiger charge is 2.50. The molecule has 2 aromatic rings. The molecule has 1 unspecified atom stereocenters. The number of rotatable bonds is 6. The number of para-hydroxylation sites is 1. The van der Waals surface area contributed by atoms with Crippen molar-refractivity contribution in [1.82, 2.24) is 10.2 Å². The van der Waals surface area contributed by atoms with E-state index >= 15 is 0 Å². The van der Waals surface area contributed by atoms with Crippen LogP contribution in [0.25, 0.3) is 0 Å². The average Bonchev–Trinajstić information content (AvgIpc) is 3.07. The number of fused-ring (bicyclic) bond motifs is 5. The first-order valence-corrected chi connectivity index (χ1v) is 10.1. The largest absolute Gasteiger partial charge is 0.493 e. The van der Waals surface area contributed by atoms with Crippen LogP contribution in [0.2, 0.25) is 0 Å². The van der Waals surface area contributed by atoms with Crippen molar-refractivity contribution in [1.29, 1.82) is 0 Å². The molecule has 31 heavy (non-hydrogen) atoms. The molecule has 162 valence electrons. The number of nitrogens with one attached hydrogen (secondary N) is 1. The first-order valence-electron chi connectivity index (χ1n) is 10.1. The van der Waals surface area contributed by atoms with Crippen molar-refractivity contribution >= 4 is 23.4 Å². The molecule has 0 spiro atoms. The highest BCUT2D eigenvalue weighted by atomic mass is 16.5. The molecular formula is C23H25N3O5. The van der Waals surface area contributed by atoms with Gasteiger partial charge in [-0.25, -0.2) is 0 Å². The van der Waals surface area contributed by atoms with E-state index in [0.29, 0.717) is 40.4 Å². The number of hydrogen-bond acceptors (Lipinski definition) is 5. The molecule has 0 aromatic heterocycles. The molecule has 2 aliphatic rings. The Morgan fingerprint density at radius 2 is 1.81 bits per heavy atom. The minimum absolute atomic E-state index is 0.165. The Labute approximate surface area is 180 Å². The normalized spacial score (nSPS) is 16.7. The Balaban J connectivity index is 1.83. The monoisotopic (exact) mass is 423 g/mol. The third kappa shape index (κ3) is 3.28. The van der Waals surface area contributed by atoms with E-state index < -0.39 is 6.17 Å². The minimum atomic E-state index is -0.741. The maximum Gasteiger partial charge on any atom is 0.264 e. The van der Waals surface area contributed by atoms with Gasteiger partial charge in [-0.1, -0.05) is 32.0 Å². The molecule has 3 amide bonds. The first-order chi connectivity index (χ1) is 14.9. The summed E-state index contributed by atoms with van der Waals surface area (Å²) in [6, 6.07) is 10.4. The number of nitrogens with zero attached hydrogens (tertiary/aromatic N) is 2. The molecule has 0 fully saturated rings. The summed E-state index contributed by atoms with van der Waals surface area (Å²) in [4.78, 5) is 42.5. The number of hydrogen-bond donors (Lipinski definition) is 1. The molecule has 0 bridgehead atoms. The Hall–Kier alpha value is -3.55. The van der Waals surface area contributed by atoms with E-state index in [-0.39, 0.29) is 30.2 Å². The van der Waals surface area contributed by atoms with Gasteiger partial charge in [0.05, 0.1) is 31.0 Å². The fraction of sp³-hybridized carbons (Fsp3) is 0.348. The Morgan fingerprint density at radius 1 is 1.06 bits per heavy atom. The summed E-state index contributed by atoms with van der Waals surface area (Å²) in [7, 11) is 2.97. The number of anilines is 1. The fourth-order valence-corrected chi connectivity index (χ4v) is 4.11. The van der Waals surface area contributed by atoms with Gasteiger partial charge in [0.2, 0.25) is 5.91 Å². The summed E-state index contributed by atoms with van der Waals surface area (Å²) in [5.41, 5.74) is 1.83. The van der Waals surface area contributed by atoms with E-state index in [9.17, 15) is 14.4 Å². The van der Waals surface area contributed by atoms with Crippen LogP contribution in [0.3, 0.4) is 0 Å². The van der Waals surface area contributed by atoms with Gasteiger partial charge in [0.15, 0.2) is 11.5 Å². The summed E-state index contributed by atoms with van der Waals surface area (Å²) >= 11 is 0. The van der Waals surface area contributed by atoms with Gasteiger partial charge in [-0.15, -0.1) is 0 Å². The van der Waals surface area contributed by atoms with E-state index in [2.05, 4.69) is 5.32 Å². The van der Waals surface area contributed by atoms with Crippen molar-refractivity contribution in [3.8, 4) is 11.5 Å². The molecule has 1 atom stereocenters. The van der Waals surface area contributed by atoms with Crippen molar-refractivity contribution < 1.29 is 23.9 Å². The van der Waals surface area contributed by atoms with Crippen molar-refractivity contribution in [3.63, 3.8) is 0 Å². The molecule has 0 aliphatic carbocycles. The van der Waals surface area contributed by atoms with Gasteiger partial charge in [-0.2, -0.15) is 0 Å². The highest BCUT2D eigenvalue weighted by molar-refractivity contribution is 6.18. The summed E-state index contributed by atoms with van der Waals surface area (Å²) in [5.74, 6) is 0.144. The number of benzene rings is 2. The van der Waals surface area contributed by atoms with Crippen molar-refractivity contribution in [2.75, 3.05) is 32.2 Å². The summed E-state index contributed by atoms with van der Waals surface area (Å²) in [6.45, 7) is 4.33. The summed E-state index contributed by atoms with van der Waals surface area (Å²) in [5, 5.41) is 2.85. The van der Waals surface area contributed by atoms with Gasteiger partial charge >= 0.3 is 0 Å². The maximum atomic E-state index is 13.5. The van der Waals surface area contributed by atoms with E-state index in [0.717, 1.165) is 0 Å². The zero-order valence-corrected chi connectivity index (χ0v) is 18.0. The Kier molecular flexibility index (Phi) is 5.31. The minimum Gasteiger partial charge on any atom is -0.493 e. The number of methoxy groups -OCH3 is 2. The molecule has 4 rings (SSSR count). The van der Waals surface area contributed by atoms with E-state index in [1.54, 1.807) is 41.3 Å². The quantitative estimate of drug-likeness (QED) is 0.772. The summed E-state index contributed by atoms with van der Waals surface area (Å²) < 4.78 is 10.9. The third-order valence-corrected chi connectivity index (χ3v) is 5.50. The van der Waals surface area contributed by atoms with Crippen LogP contribution in [0, 0.1) is 5.92 Å². The predicted octanol–water partition coefficient (Wildman–Crippen LogP) is 2.59. The lowest BCUT2D eigenvalue weighted by Crippen LogP contribution is -2.51. The molecule has 0 saturated heterocycles. The van der Waals surface area contributed by atoms with Crippen molar-refractivity contribution in [2.24, 2.45) is 5.92 Å². The second-order valence-electron chi connectivity index (χ2n) is 7.96. The number of ether oxygens (including phenoxy) is 2. The van der Waals surface area contributed by atoms with Crippen LogP contribution >= 0.6 is 0 Å². The average molecular weight is 423 g/mol. The molecule has 2 aliphatic heterocycles. The van der Waals surface area contributed by atoms with Gasteiger partial charge in [-0.3, -0.25) is 19.3 Å². The molecule has 8 heteroatoms. The standard InChI is InChI=1S/C23H25N3O5/c1-13(2)11-24-18(27)12-25-21-15-9-10-17(30-3)20(31-4)19(15)23(29)26(21)16-8-6-5-7-14(16)22(25)28/h5-10,13,21H,11-12H2,1-4H3,(H,24,27). The van der Waals surface area contributed by atoms with Crippen LogP contribution < -0.4 is 19.7 Å². The van der Waals surface area contributed by atoms with Crippen LogP contribution in [-0.4, -0.2) is 49.9 Å². The smallest absolute Gasteiger partial charge is 0.264 e. The van der Waals surface area contributed by atoms with E-state index in [1.165, 1.54) is 19.1 Å². The molecule has 2 aromatic carbocycles. The zero-order chi connectivity index (χ0) is 22.3. The third-order valence-electron chi connectivity index (χ3n) is 5.50. The van der Waals surface area contributed by atoms with Crippen molar-refractivity contribution in [2.45, 2.75) is 20.0 Å². The van der Waals surface area contributed by atoms with Crippen LogP contribution in [0.5, 0.6) is 11.5 Å². The second-order valence-corrected chi connectivity index (χ2v) is 7.96. The Morgan fingerprint density at radius 3 is 2.48 bits per heavy atom. The second kappa shape index (κ2) is 7.94. The van der Waals surface area contributed by atoms with Gasteiger partial charge in [0.1, 0.15) is 12.7 Å². The van der Waals surface area contributed by atoms with Crippen LogP contribution in [0.15, 0.2) is 36.4 Å². The Bertz CT molecular complexity index is 1070. The molecule has 1 N–H and O–H groups in total. The highest BCUT2D eigenvalue weighted by Crippen LogP contribution is 2.49. The lowest BCUT2D eigenvalue weighted by Gasteiger charge is -2.40. The number of amides is 3. The number of carbonyl (C=O) groups is 3. The lowest BCUT2D eigenvalue weighted by atomic mass is 10.0. The van der Waals surface area contributed by atoms with Crippen LogP contribution in [0.4, 0.5) is 5.69 Å². The SMILES string of the molecule is COc1ccc2c(c1OC)C(=O)N1c3ccccc3C(=O)N(CC(=O)NCC(C)C)C21.